The molecule has 1 saturated heterocycles. The first-order valence-corrected chi connectivity index (χ1v) is 6.26. The van der Waals surface area contributed by atoms with E-state index in [9.17, 15) is 4.79 Å². The molecule has 0 spiro atoms. The van der Waals surface area contributed by atoms with E-state index in [4.69, 9.17) is 5.73 Å². The Kier molecular flexibility index (Phi) is 3.79. The lowest BCUT2D eigenvalue weighted by Gasteiger charge is -2.29. The molecule has 2 atom stereocenters. The topological polar surface area (TPSA) is 46.3 Å². The second kappa shape index (κ2) is 5.32. The smallest absolute Gasteiger partial charge is 0.223 e. The molecule has 1 aromatic carbocycles. The lowest BCUT2D eigenvalue weighted by Crippen LogP contribution is -2.39. The van der Waals surface area contributed by atoms with Gasteiger partial charge in [0, 0.05) is 19.0 Å². The predicted octanol–water partition coefficient (Wildman–Crippen LogP) is 1.77. The van der Waals surface area contributed by atoms with E-state index >= 15 is 0 Å². The zero-order chi connectivity index (χ0) is 12.3. The normalized spacial score (nSPS) is 21.9. The van der Waals surface area contributed by atoms with Crippen molar-refractivity contribution in [3.05, 3.63) is 35.9 Å². The van der Waals surface area contributed by atoms with Gasteiger partial charge in [0.15, 0.2) is 0 Å². The van der Waals surface area contributed by atoms with Crippen LogP contribution < -0.4 is 5.73 Å². The van der Waals surface area contributed by atoms with Crippen molar-refractivity contribution in [1.29, 1.82) is 0 Å². The number of carbonyl (C=O) groups excluding carboxylic acids is 1. The van der Waals surface area contributed by atoms with Gasteiger partial charge in [-0.15, -0.1) is 0 Å². The number of amides is 1. The molecule has 0 radical (unpaired) electrons. The SMILES string of the molecule is CC(CN)C1CCC(=O)N1Cc1ccccc1. The first-order chi connectivity index (χ1) is 8.22. The largest absolute Gasteiger partial charge is 0.335 e. The van der Waals surface area contributed by atoms with Gasteiger partial charge in [-0.05, 0) is 24.4 Å². The monoisotopic (exact) mass is 232 g/mol. The maximum Gasteiger partial charge on any atom is 0.223 e. The summed E-state index contributed by atoms with van der Waals surface area (Å²) in [6.07, 6.45) is 1.62. The molecule has 17 heavy (non-hydrogen) atoms. The summed E-state index contributed by atoms with van der Waals surface area (Å²) in [5, 5.41) is 0. The molecule has 2 unspecified atom stereocenters. The van der Waals surface area contributed by atoms with Crippen LogP contribution in [0, 0.1) is 5.92 Å². The van der Waals surface area contributed by atoms with Crippen LogP contribution in [0.1, 0.15) is 25.3 Å². The highest BCUT2D eigenvalue weighted by atomic mass is 16.2. The molecule has 0 aliphatic carbocycles. The third-order valence-corrected chi connectivity index (χ3v) is 3.60. The third kappa shape index (κ3) is 2.67. The fourth-order valence-electron chi connectivity index (χ4n) is 2.49. The van der Waals surface area contributed by atoms with Crippen LogP contribution in [0.3, 0.4) is 0 Å². The van der Waals surface area contributed by atoms with Crippen molar-refractivity contribution in [2.75, 3.05) is 6.54 Å². The molecule has 3 heteroatoms. The van der Waals surface area contributed by atoms with E-state index < -0.39 is 0 Å². The van der Waals surface area contributed by atoms with E-state index in [1.165, 1.54) is 5.56 Å². The average molecular weight is 232 g/mol. The number of benzene rings is 1. The summed E-state index contributed by atoms with van der Waals surface area (Å²) in [4.78, 5) is 13.9. The number of hydrogen-bond acceptors (Lipinski definition) is 2. The Balaban J connectivity index is 2.09. The maximum atomic E-state index is 11.9. The van der Waals surface area contributed by atoms with Gasteiger partial charge in [-0.2, -0.15) is 0 Å². The maximum absolute atomic E-state index is 11.9. The number of rotatable bonds is 4. The van der Waals surface area contributed by atoms with Crippen molar-refractivity contribution >= 4 is 5.91 Å². The Morgan fingerprint density at radius 1 is 1.41 bits per heavy atom. The standard InChI is InChI=1S/C14H20N2O/c1-11(9-15)13-7-8-14(17)16(13)10-12-5-3-2-4-6-12/h2-6,11,13H,7-10,15H2,1H3. The van der Waals surface area contributed by atoms with Crippen molar-refractivity contribution in [2.45, 2.75) is 32.4 Å². The number of likely N-dealkylation sites (tertiary alicyclic amines) is 1. The minimum absolute atomic E-state index is 0.263. The molecule has 2 rings (SSSR count). The number of nitrogens with two attached hydrogens (primary N) is 1. The van der Waals surface area contributed by atoms with Gasteiger partial charge in [0.25, 0.3) is 0 Å². The van der Waals surface area contributed by atoms with Crippen molar-refractivity contribution in [2.24, 2.45) is 11.7 Å². The molecule has 1 fully saturated rings. The molecule has 1 heterocycles. The molecule has 2 N–H and O–H groups in total. The summed E-state index contributed by atoms with van der Waals surface area (Å²) in [7, 11) is 0. The van der Waals surface area contributed by atoms with Crippen LogP contribution in [-0.4, -0.2) is 23.4 Å². The van der Waals surface area contributed by atoms with E-state index in [0.717, 1.165) is 6.42 Å². The van der Waals surface area contributed by atoms with Crippen LogP contribution in [0.25, 0.3) is 0 Å². The average Bonchev–Trinajstić information content (AvgIpc) is 2.72. The minimum atomic E-state index is 0.263. The minimum Gasteiger partial charge on any atom is -0.335 e. The zero-order valence-electron chi connectivity index (χ0n) is 10.3. The Morgan fingerprint density at radius 3 is 2.76 bits per heavy atom. The first kappa shape index (κ1) is 12.1. The Hall–Kier alpha value is -1.35. The van der Waals surface area contributed by atoms with Crippen molar-refractivity contribution < 1.29 is 4.79 Å². The van der Waals surface area contributed by atoms with Gasteiger partial charge >= 0.3 is 0 Å². The van der Waals surface area contributed by atoms with Crippen LogP contribution in [0.4, 0.5) is 0 Å². The molecule has 1 amide bonds. The van der Waals surface area contributed by atoms with Gasteiger partial charge in [-0.1, -0.05) is 37.3 Å². The Morgan fingerprint density at radius 2 is 2.12 bits per heavy atom. The Labute approximate surface area is 103 Å². The number of carbonyl (C=O) groups is 1. The molecule has 92 valence electrons. The van der Waals surface area contributed by atoms with Crippen LogP contribution in [-0.2, 0) is 11.3 Å². The molecule has 0 aromatic heterocycles. The zero-order valence-corrected chi connectivity index (χ0v) is 10.3. The second-order valence-corrected chi connectivity index (χ2v) is 4.83. The van der Waals surface area contributed by atoms with Crippen molar-refractivity contribution in [3.8, 4) is 0 Å². The van der Waals surface area contributed by atoms with Gasteiger partial charge in [0.1, 0.15) is 0 Å². The molecule has 0 bridgehead atoms. The lowest BCUT2D eigenvalue weighted by atomic mass is 9.99. The number of hydrogen-bond donors (Lipinski definition) is 1. The van der Waals surface area contributed by atoms with Crippen LogP contribution >= 0.6 is 0 Å². The molecule has 1 aliphatic heterocycles. The van der Waals surface area contributed by atoms with E-state index in [0.29, 0.717) is 31.5 Å². The molecule has 1 aliphatic rings. The van der Waals surface area contributed by atoms with Crippen LogP contribution in [0.5, 0.6) is 0 Å². The second-order valence-electron chi connectivity index (χ2n) is 4.83. The fraction of sp³-hybridized carbons (Fsp3) is 0.500. The highest BCUT2D eigenvalue weighted by Gasteiger charge is 2.33. The summed E-state index contributed by atoms with van der Waals surface area (Å²) in [6.45, 7) is 3.49. The van der Waals surface area contributed by atoms with Gasteiger partial charge < -0.3 is 10.6 Å². The summed E-state index contributed by atoms with van der Waals surface area (Å²) < 4.78 is 0. The van der Waals surface area contributed by atoms with Crippen molar-refractivity contribution in [3.63, 3.8) is 0 Å². The molecule has 1 aromatic rings. The summed E-state index contributed by atoms with van der Waals surface area (Å²) in [5.41, 5.74) is 6.91. The van der Waals surface area contributed by atoms with E-state index in [-0.39, 0.29) is 5.91 Å². The molecular formula is C14H20N2O. The van der Waals surface area contributed by atoms with E-state index in [1.807, 2.05) is 23.1 Å². The van der Waals surface area contributed by atoms with Crippen LogP contribution in [0.15, 0.2) is 30.3 Å². The summed E-state index contributed by atoms with van der Waals surface area (Å²) in [5.74, 6) is 0.643. The van der Waals surface area contributed by atoms with Gasteiger partial charge in [-0.3, -0.25) is 4.79 Å². The third-order valence-electron chi connectivity index (χ3n) is 3.60. The quantitative estimate of drug-likeness (QED) is 0.860. The summed E-state index contributed by atoms with van der Waals surface area (Å²) in [6, 6.07) is 10.5. The molecule has 0 saturated carbocycles. The summed E-state index contributed by atoms with van der Waals surface area (Å²) >= 11 is 0. The molecular weight excluding hydrogens is 212 g/mol. The molecule has 3 nitrogen and oxygen atoms in total. The fourth-order valence-corrected chi connectivity index (χ4v) is 2.49. The highest BCUT2D eigenvalue weighted by Crippen LogP contribution is 2.26. The predicted molar refractivity (Wildman–Crippen MR) is 68.2 cm³/mol. The van der Waals surface area contributed by atoms with Gasteiger partial charge in [0.05, 0.1) is 0 Å². The van der Waals surface area contributed by atoms with E-state index in [2.05, 4.69) is 19.1 Å². The highest BCUT2D eigenvalue weighted by molar-refractivity contribution is 5.78. The first-order valence-electron chi connectivity index (χ1n) is 6.26. The van der Waals surface area contributed by atoms with Crippen molar-refractivity contribution in [1.82, 2.24) is 4.90 Å². The van der Waals surface area contributed by atoms with Gasteiger partial charge in [-0.25, -0.2) is 0 Å². The van der Waals surface area contributed by atoms with E-state index in [1.54, 1.807) is 0 Å². The Bertz CT molecular complexity index is 377. The van der Waals surface area contributed by atoms with Gasteiger partial charge in [0.2, 0.25) is 5.91 Å². The van der Waals surface area contributed by atoms with Crippen LogP contribution in [0.2, 0.25) is 0 Å². The lowest BCUT2D eigenvalue weighted by molar-refractivity contribution is -0.130. The number of nitrogens with zero attached hydrogens (tertiary/aromatic N) is 1.